The van der Waals surface area contributed by atoms with E-state index in [0.29, 0.717) is 0 Å². The van der Waals surface area contributed by atoms with Crippen molar-refractivity contribution in [3.8, 4) is 0 Å². The second-order valence-corrected chi connectivity index (χ2v) is 2.28. The van der Waals surface area contributed by atoms with Crippen molar-refractivity contribution in [1.29, 1.82) is 0 Å². The van der Waals surface area contributed by atoms with Crippen molar-refractivity contribution in [3.63, 3.8) is 0 Å². The SMILES string of the molecule is CCCCC[O][Ga]. The van der Waals surface area contributed by atoms with Gasteiger partial charge in [0.25, 0.3) is 0 Å². The van der Waals surface area contributed by atoms with E-state index in [1.54, 1.807) is 0 Å². The van der Waals surface area contributed by atoms with Gasteiger partial charge in [0.1, 0.15) is 0 Å². The van der Waals surface area contributed by atoms with Crippen LogP contribution in [0.4, 0.5) is 0 Å². The molecule has 0 amide bonds. The molecule has 0 aliphatic carbocycles. The first kappa shape index (κ1) is 7.60. The van der Waals surface area contributed by atoms with E-state index >= 15 is 0 Å². The van der Waals surface area contributed by atoms with Gasteiger partial charge in [-0.3, -0.25) is 0 Å². The Hall–Kier alpha value is 0.596. The first-order valence-corrected chi connectivity index (χ1v) is 3.72. The molecule has 0 rings (SSSR count). The van der Waals surface area contributed by atoms with Crippen molar-refractivity contribution < 1.29 is 3.53 Å². The summed E-state index contributed by atoms with van der Waals surface area (Å²) in [6.45, 7) is 3.15. The topological polar surface area (TPSA) is 9.23 Å². The van der Waals surface area contributed by atoms with Gasteiger partial charge in [0.05, 0.1) is 0 Å². The number of unbranched alkanes of at least 4 members (excludes halogenated alkanes) is 2. The molecule has 0 aromatic heterocycles. The zero-order valence-electron chi connectivity index (χ0n) is 4.81. The molecule has 0 fully saturated rings. The zero-order chi connectivity index (χ0) is 5.54. The van der Waals surface area contributed by atoms with Crippen LogP contribution in [-0.2, 0) is 3.53 Å². The molecule has 0 aliphatic rings. The van der Waals surface area contributed by atoms with Gasteiger partial charge in [-0.1, -0.05) is 0 Å². The summed E-state index contributed by atoms with van der Waals surface area (Å²) < 4.78 is 4.91. The zero-order valence-corrected chi connectivity index (χ0v) is 7.24. The van der Waals surface area contributed by atoms with E-state index in [0.717, 1.165) is 6.61 Å². The molecule has 0 unspecified atom stereocenters. The number of hydrogen-bond acceptors (Lipinski definition) is 1. The van der Waals surface area contributed by atoms with E-state index in [9.17, 15) is 0 Å². The van der Waals surface area contributed by atoms with E-state index in [1.807, 2.05) is 0 Å². The fourth-order valence-corrected chi connectivity index (χ4v) is 0.785. The van der Waals surface area contributed by atoms with Gasteiger partial charge < -0.3 is 0 Å². The van der Waals surface area contributed by atoms with Crippen LogP contribution in [0.3, 0.4) is 0 Å². The number of rotatable bonds is 4. The summed E-state index contributed by atoms with van der Waals surface area (Å²) in [5, 5.41) is 0. The van der Waals surface area contributed by atoms with Gasteiger partial charge in [0, 0.05) is 0 Å². The van der Waals surface area contributed by atoms with Gasteiger partial charge in [0.15, 0.2) is 0 Å². The quantitative estimate of drug-likeness (QED) is 0.441. The summed E-state index contributed by atoms with van der Waals surface area (Å²) in [6, 6.07) is 0. The Morgan fingerprint density at radius 1 is 1.43 bits per heavy atom. The van der Waals surface area contributed by atoms with E-state index < -0.39 is 0 Å². The van der Waals surface area contributed by atoms with Gasteiger partial charge >= 0.3 is 55.3 Å². The standard InChI is InChI=1S/C5H11O.Ga/c1-2-3-4-5-6;/h2-5H2,1H3;/q-1;+1. The van der Waals surface area contributed by atoms with Gasteiger partial charge in [-0.15, -0.1) is 0 Å². The first-order valence-electron chi connectivity index (χ1n) is 2.73. The van der Waals surface area contributed by atoms with Crippen LogP contribution in [0.2, 0.25) is 0 Å². The molecule has 0 saturated heterocycles. The molecule has 2 heteroatoms. The molecular formula is C5H11GaO. The van der Waals surface area contributed by atoms with Crippen molar-refractivity contribution in [2.45, 2.75) is 26.2 Å². The predicted molar refractivity (Wildman–Crippen MR) is 31.2 cm³/mol. The second-order valence-electron chi connectivity index (χ2n) is 1.58. The summed E-state index contributed by atoms with van der Waals surface area (Å²) in [6.07, 6.45) is 3.83. The van der Waals surface area contributed by atoms with Crippen molar-refractivity contribution in [2.75, 3.05) is 6.61 Å². The van der Waals surface area contributed by atoms with E-state index in [-0.39, 0.29) is 0 Å². The third-order valence-electron chi connectivity index (χ3n) is 0.866. The normalized spacial score (nSPS) is 9.29. The molecule has 0 saturated carbocycles. The average Bonchev–Trinajstić information content (AvgIpc) is 1.69. The third kappa shape index (κ3) is 6.60. The van der Waals surface area contributed by atoms with Crippen molar-refractivity contribution in [3.05, 3.63) is 0 Å². The molecule has 1 nitrogen and oxygen atoms in total. The Morgan fingerprint density at radius 3 is 2.57 bits per heavy atom. The Bertz CT molecular complexity index is 27.3. The summed E-state index contributed by atoms with van der Waals surface area (Å²) in [4.78, 5) is 0. The summed E-state index contributed by atoms with van der Waals surface area (Å²) in [5.41, 5.74) is 0. The van der Waals surface area contributed by atoms with Crippen LogP contribution in [0, 0.1) is 0 Å². The maximum atomic E-state index is 4.91. The molecule has 0 N–H and O–H groups in total. The van der Waals surface area contributed by atoms with Crippen LogP contribution in [0.15, 0.2) is 0 Å². The van der Waals surface area contributed by atoms with Gasteiger partial charge in [-0.25, -0.2) is 0 Å². The minimum atomic E-state index is 0.952. The van der Waals surface area contributed by atoms with Crippen molar-refractivity contribution in [2.24, 2.45) is 0 Å². The second kappa shape index (κ2) is 6.60. The summed E-state index contributed by atoms with van der Waals surface area (Å²) >= 11 is 1.37. The fourth-order valence-electron chi connectivity index (χ4n) is 0.435. The fraction of sp³-hybridized carbons (Fsp3) is 1.00. The Morgan fingerprint density at radius 2 is 2.14 bits per heavy atom. The Balaban J connectivity index is 2.45. The minimum absolute atomic E-state index is 0.952. The van der Waals surface area contributed by atoms with Crippen molar-refractivity contribution >= 4 is 19.0 Å². The van der Waals surface area contributed by atoms with Crippen LogP contribution in [0.1, 0.15) is 26.2 Å². The Labute approximate surface area is 55.8 Å². The van der Waals surface area contributed by atoms with Crippen LogP contribution in [0.5, 0.6) is 0 Å². The van der Waals surface area contributed by atoms with Crippen LogP contribution >= 0.6 is 0 Å². The maximum absolute atomic E-state index is 4.91. The first-order chi connectivity index (χ1) is 3.41. The molecule has 40 valence electrons. The summed E-state index contributed by atoms with van der Waals surface area (Å²) in [7, 11) is 0. The molecule has 2 radical (unpaired) electrons. The molecular weight excluding hydrogens is 146 g/mol. The van der Waals surface area contributed by atoms with Gasteiger partial charge in [-0.2, -0.15) is 0 Å². The molecule has 0 atom stereocenters. The van der Waals surface area contributed by atoms with Crippen molar-refractivity contribution in [1.82, 2.24) is 0 Å². The van der Waals surface area contributed by atoms with E-state index in [1.165, 1.54) is 38.2 Å². The molecule has 0 heterocycles. The van der Waals surface area contributed by atoms with E-state index in [2.05, 4.69) is 6.92 Å². The summed E-state index contributed by atoms with van der Waals surface area (Å²) in [5.74, 6) is 0. The van der Waals surface area contributed by atoms with Gasteiger partial charge in [-0.05, 0) is 0 Å². The molecule has 0 aromatic rings. The van der Waals surface area contributed by atoms with Crippen LogP contribution in [-0.4, -0.2) is 25.6 Å². The average molecular weight is 157 g/mol. The molecule has 7 heavy (non-hydrogen) atoms. The molecule has 0 bridgehead atoms. The van der Waals surface area contributed by atoms with E-state index in [4.69, 9.17) is 3.53 Å². The molecule has 0 spiro atoms. The number of hydrogen-bond donors (Lipinski definition) is 0. The van der Waals surface area contributed by atoms with Crippen LogP contribution in [0.25, 0.3) is 0 Å². The third-order valence-corrected chi connectivity index (χ3v) is 1.36. The predicted octanol–water partition coefficient (Wildman–Crippen LogP) is 1.28. The monoisotopic (exact) mass is 156 g/mol. The van der Waals surface area contributed by atoms with Crippen LogP contribution < -0.4 is 0 Å². The van der Waals surface area contributed by atoms with Gasteiger partial charge in [0.2, 0.25) is 0 Å². The molecule has 0 aromatic carbocycles. The molecule has 0 aliphatic heterocycles. The Kier molecular flexibility index (Phi) is 7.16.